The van der Waals surface area contributed by atoms with E-state index in [0.29, 0.717) is 31.3 Å². The van der Waals surface area contributed by atoms with Crippen molar-refractivity contribution in [2.24, 2.45) is 5.92 Å². The van der Waals surface area contributed by atoms with E-state index in [1.54, 1.807) is 0 Å². The van der Waals surface area contributed by atoms with Crippen LogP contribution in [0, 0.1) is 5.92 Å². The third kappa shape index (κ3) is 3.19. The molecular formula is C18H25NO2. The van der Waals surface area contributed by atoms with Crippen LogP contribution in [0.4, 0.5) is 0 Å². The Bertz CT molecular complexity index is 500. The van der Waals surface area contributed by atoms with Crippen LogP contribution in [0.1, 0.15) is 43.2 Å². The lowest BCUT2D eigenvalue weighted by molar-refractivity contribution is -0.123. The Morgan fingerprint density at radius 1 is 1.33 bits per heavy atom. The lowest BCUT2D eigenvalue weighted by Gasteiger charge is -2.26. The van der Waals surface area contributed by atoms with Crippen LogP contribution in [0.25, 0.3) is 0 Å². The van der Waals surface area contributed by atoms with Crippen LogP contribution in [0.2, 0.25) is 0 Å². The number of carbonyl (C=O) groups is 1. The molecule has 1 N–H and O–H groups in total. The second-order valence-corrected chi connectivity index (χ2v) is 6.27. The number of carbonyl (C=O) groups excluding carboxylic acids is 1. The van der Waals surface area contributed by atoms with Gasteiger partial charge in [-0.05, 0) is 42.9 Å². The van der Waals surface area contributed by atoms with Gasteiger partial charge in [-0.3, -0.25) is 4.79 Å². The van der Waals surface area contributed by atoms with E-state index in [1.165, 1.54) is 17.5 Å². The minimum absolute atomic E-state index is 0.0408. The van der Waals surface area contributed by atoms with Crippen LogP contribution in [0.5, 0.6) is 0 Å². The van der Waals surface area contributed by atoms with E-state index < -0.39 is 0 Å². The van der Waals surface area contributed by atoms with E-state index in [9.17, 15) is 4.79 Å². The van der Waals surface area contributed by atoms with Gasteiger partial charge in [-0.2, -0.15) is 0 Å². The van der Waals surface area contributed by atoms with E-state index in [4.69, 9.17) is 4.74 Å². The molecule has 3 heteroatoms. The van der Waals surface area contributed by atoms with E-state index in [1.807, 2.05) is 0 Å². The quantitative estimate of drug-likeness (QED) is 0.905. The molecule has 0 bridgehead atoms. The number of likely N-dealkylation sites (N-methyl/N-ethyl adjacent to an activating group) is 1. The van der Waals surface area contributed by atoms with Gasteiger partial charge in [0.15, 0.2) is 0 Å². The monoisotopic (exact) mass is 287 g/mol. The lowest BCUT2D eigenvalue weighted by Crippen LogP contribution is -2.39. The van der Waals surface area contributed by atoms with E-state index in [0.717, 1.165) is 19.4 Å². The van der Waals surface area contributed by atoms with Crippen molar-refractivity contribution >= 4 is 5.78 Å². The number of hydrogen-bond acceptors (Lipinski definition) is 3. The van der Waals surface area contributed by atoms with Crippen LogP contribution in [-0.2, 0) is 16.0 Å². The standard InChI is InChI=1S/C18H25NO2/c1-2-19-17-12-21-11-16(17)18(20)10-14-8-5-7-13-6-3-4-9-15(13)14/h3-4,6,9,14,16-17,19H,2,5,7-8,10-12H2,1H3. The molecule has 0 spiro atoms. The fourth-order valence-electron chi connectivity index (χ4n) is 3.80. The van der Waals surface area contributed by atoms with Gasteiger partial charge < -0.3 is 10.1 Å². The normalized spacial score (nSPS) is 28.3. The maximum absolute atomic E-state index is 12.7. The molecule has 1 fully saturated rings. The zero-order valence-corrected chi connectivity index (χ0v) is 12.8. The summed E-state index contributed by atoms with van der Waals surface area (Å²) in [6.45, 7) is 4.23. The van der Waals surface area contributed by atoms with Gasteiger partial charge in [0.1, 0.15) is 5.78 Å². The first-order valence-electron chi connectivity index (χ1n) is 8.21. The predicted octanol–water partition coefficient (Wildman–Crippen LogP) is 2.69. The van der Waals surface area contributed by atoms with Crippen molar-refractivity contribution < 1.29 is 9.53 Å². The molecule has 0 saturated carbocycles. The van der Waals surface area contributed by atoms with Crippen molar-refractivity contribution in [2.45, 2.75) is 44.6 Å². The summed E-state index contributed by atoms with van der Waals surface area (Å²) in [5.41, 5.74) is 2.84. The van der Waals surface area contributed by atoms with Gasteiger partial charge >= 0.3 is 0 Å². The Morgan fingerprint density at radius 2 is 2.19 bits per heavy atom. The summed E-state index contributed by atoms with van der Waals surface area (Å²) in [6.07, 6.45) is 4.18. The van der Waals surface area contributed by atoms with Gasteiger partial charge in [0, 0.05) is 12.5 Å². The van der Waals surface area contributed by atoms with Crippen LogP contribution in [0.3, 0.4) is 0 Å². The highest BCUT2D eigenvalue weighted by Gasteiger charge is 2.35. The Hall–Kier alpha value is -1.19. The molecule has 3 nitrogen and oxygen atoms in total. The zero-order chi connectivity index (χ0) is 14.7. The minimum Gasteiger partial charge on any atom is -0.379 e. The third-order valence-corrected chi connectivity index (χ3v) is 4.90. The molecule has 0 amide bonds. The van der Waals surface area contributed by atoms with Crippen LogP contribution in [0.15, 0.2) is 24.3 Å². The molecule has 1 aliphatic heterocycles. The molecule has 114 valence electrons. The highest BCUT2D eigenvalue weighted by molar-refractivity contribution is 5.83. The molecule has 1 heterocycles. The number of nitrogens with one attached hydrogen (secondary N) is 1. The number of ketones is 1. The first-order valence-corrected chi connectivity index (χ1v) is 8.21. The van der Waals surface area contributed by atoms with Crippen molar-refractivity contribution in [1.82, 2.24) is 5.32 Å². The van der Waals surface area contributed by atoms with Crippen LogP contribution >= 0.6 is 0 Å². The average molecular weight is 287 g/mol. The number of hydrogen-bond donors (Lipinski definition) is 1. The number of Topliss-reactive ketones (excluding diaryl/α,β-unsaturated/α-hetero) is 1. The first-order chi connectivity index (χ1) is 10.3. The number of rotatable bonds is 5. The summed E-state index contributed by atoms with van der Waals surface area (Å²) in [4.78, 5) is 12.7. The number of ether oxygens (including phenoxy) is 1. The topological polar surface area (TPSA) is 38.3 Å². The predicted molar refractivity (Wildman–Crippen MR) is 83.5 cm³/mol. The van der Waals surface area contributed by atoms with E-state index >= 15 is 0 Å². The maximum Gasteiger partial charge on any atom is 0.140 e. The molecular weight excluding hydrogens is 262 g/mol. The molecule has 3 rings (SSSR count). The van der Waals surface area contributed by atoms with Gasteiger partial charge in [-0.1, -0.05) is 31.2 Å². The van der Waals surface area contributed by atoms with Gasteiger partial charge in [0.2, 0.25) is 0 Å². The third-order valence-electron chi connectivity index (χ3n) is 4.90. The number of fused-ring (bicyclic) bond motifs is 1. The molecule has 3 atom stereocenters. The Morgan fingerprint density at radius 3 is 3.05 bits per heavy atom. The highest BCUT2D eigenvalue weighted by Crippen LogP contribution is 2.35. The van der Waals surface area contributed by atoms with E-state index in [2.05, 4.69) is 36.5 Å². The van der Waals surface area contributed by atoms with Crippen molar-refractivity contribution in [1.29, 1.82) is 0 Å². The molecule has 1 aromatic carbocycles. The van der Waals surface area contributed by atoms with Crippen LogP contribution < -0.4 is 5.32 Å². The largest absolute Gasteiger partial charge is 0.379 e. The Labute approximate surface area is 127 Å². The Kier molecular flexibility index (Phi) is 4.71. The summed E-state index contributed by atoms with van der Waals surface area (Å²) in [7, 11) is 0. The van der Waals surface area contributed by atoms with Crippen molar-refractivity contribution in [2.75, 3.05) is 19.8 Å². The van der Waals surface area contributed by atoms with Gasteiger partial charge in [0.25, 0.3) is 0 Å². The molecule has 1 saturated heterocycles. The van der Waals surface area contributed by atoms with Crippen LogP contribution in [-0.4, -0.2) is 31.6 Å². The summed E-state index contributed by atoms with van der Waals surface area (Å²) < 4.78 is 5.52. The summed E-state index contributed by atoms with van der Waals surface area (Å²) >= 11 is 0. The highest BCUT2D eigenvalue weighted by atomic mass is 16.5. The first kappa shape index (κ1) is 14.7. The fraction of sp³-hybridized carbons (Fsp3) is 0.611. The second-order valence-electron chi connectivity index (χ2n) is 6.27. The molecule has 2 aliphatic rings. The molecule has 0 aromatic heterocycles. The zero-order valence-electron chi connectivity index (χ0n) is 12.8. The molecule has 21 heavy (non-hydrogen) atoms. The lowest BCUT2D eigenvalue weighted by atomic mass is 9.78. The Balaban J connectivity index is 1.68. The van der Waals surface area contributed by atoms with Crippen molar-refractivity contribution in [3.63, 3.8) is 0 Å². The fourth-order valence-corrected chi connectivity index (χ4v) is 3.80. The van der Waals surface area contributed by atoms with Gasteiger partial charge in [0.05, 0.1) is 19.1 Å². The van der Waals surface area contributed by atoms with Gasteiger partial charge in [-0.25, -0.2) is 0 Å². The van der Waals surface area contributed by atoms with Gasteiger partial charge in [-0.15, -0.1) is 0 Å². The summed E-state index contributed by atoms with van der Waals surface area (Å²) in [5.74, 6) is 0.824. The average Bonchev–Trinajstić information content (AvgIpc) is 2.96. The molecule has 1 aromatic rings. The SMILES string of the molecule is CCNC1COCC1C(=O)CC1CCCc2ccccc21. The van der Waals surface area contributed by atoms with Crippen molar-refractivity contribution in [3.05, 3.63) is 35.4 Å². The molecule has 0 radical (unpaired) electrons. The molecule has 1 aliphatic carbocycles. The smallest absolute Gasteiger partial charge is 0.140 e. The number of benzene rings is 1. The summed E-state index contributed by atoms with van der Waals surface area (Å²) in [5, 5.41) is 3.39. The summed E-state index contributed by atoms with van der Waals surface area (Å²) in [6, 6.07) is 8.84. The van der Waals surface area contributed by atoms with E-state index in [-0.39, 0.29) is 12.0 Å². The second kappa shape index (κ2) is 6.71. The molecule has 3 unspecified atom stereocenters. The maximum atomic E-state index is 12.7. The van der Waals surface area contributed by atoms with Crippen molar-refractivity contribution in [3.8, 4) is 0 Å². The number of aryl methyl sites for hydroxylation is 1. The minimum atomic E-state index is 0.0408.